The van der Waals surface area contributed by atoms with Gasteiger partial charge in [0.1, 0.15) is 17.7 Å². The highest BCUT2D eigenvalue weighted by atomic mass is 32.2. The van der Waals surface area contributed by atoms with Crippen LogP contribution in [0.5, 0.6) is 0 Å². The van der Waals surface area contributed by atoms with Gasteiger partial charge in [0.25, 0.3) is 11.6 Å². The van der Waals surface area contributed by atoms with E-state index < -0.39 is 37.1 Å². The molecule has 1 fully saturated rings. The van der Waals surface area contributed by atoms with Crippen molar-refractivity contribution in [2.45, 2.75) is 11.1 Å². The molecule has 0 aliphatic carbocycles. The molecule has 134 valence electrons. The normalized spacial score (nSPS) is 26.1. The van der Waals surface area contributed by atoms with E-state index in [4.69, 9.17) is 9.47 Å². The van der Waals surface area contributed by atoms with Crippen molar-refractivity contribution in [2.75, 3.05) is 39.8 Å². The third-order valence-electron chi connectivity index (χ3n) is 3.65. The van der Waals surface area contributed by atoms with Crippen molar-refractivity contribution in [1.29, 1.82) is 0 Å². The molecule has 0 unspecified atom stereocenters. The van der Waals surface area contributed by atoms with Gasteiger partial charge in [-0.05, 0) is 0 Å². The third-order valence-corrected chi connectivity index (χ3v) is 5.90. The van der Waals surface area contributed by atoms with Crippen LogP contribution in [0.15, 0.2) is 11.3 Å². The molecule has 2 atom stereocenters. The van der Waals surface area contributed by atoms with Crippen LogP contribution in [-0.2, 0) is 19.1 Å². The molecule has 0 aromatic carbocycles. The Morgan fingerprint density at radius 1 is 1.50 bits per heavy atom. The summed E-state index contributed by atoms with van der Waals surface area (Å²) in [6.45, 7) is 3.77. The minimum absolute atomic E-state index is 0.136. The SMILES string of the molecule is CNC(=O)OCC1=C(C(=O)O)N2C(=O)[C@](N[PH+](C)C)(OC)[C@@H]2SC1. The van der Waals surface area contributed by atoms with E-state index in [2.05, 4.69) is 10.4 Å². The van der Waals surface area contributed by atoms with Gasteiger partial charge < -0.3 is 19.9 Å². The Bertz CT molecular complexity index is 598. The molecule has 0 aromatic rings. The molecule has 0 radical (unpaired) electrons. The van der Waals surface area contributed by atoms with Gasteiger partial charge in [-0.2, -0.15) is 5.09 Å². The van der Waals surface area contributed by atoms with Gasteiger partial charge in [0.15, 0.2) is 0 Å². The Labute approximate surface area is 144 Å². The van der Waals surface area contributed by atoms with Gasteiger partial charge in [-0.3, -0.25) is 9.69 Å². The largest absolute Gasteiger partial charge is 0.477 e. The molecular formula is C13H21N3O6PS+. The van der Waals surface area contributed by atoms with Crippen molar-refractivity contribution in [3.05, 3.63) is 11.3 Å². The first kappa shape index (κ1) is 19.0. The number of thioether (sulfide) groups is 1. The van der Waals surface area contributed by atoms with E-state index >= 15 is 0 Å². The molecule has 9 nitrogen and oxygen atoms in total. The zero-order valence-corrected chi connectivity index (χ0v) is 15.7. The van der Waals surface area contributed by atoms with E-state index in [0.717, 1.165) is 0 Å². The Morgan fingerprint density at radius 2 is 2.17 bits per heavy atom. The lowest BCUT2D eigenvalue weighted by Crippen LogP contribution is -2.79. The Morgan fingerprint density at radius 3 is 2.67 bits per heavy atom. The van der Waals surface area contributed by atoms with E-state index in [9.17, 15) is 19.5 Å². The highest BCUT2D eigenvalue weighted by molar-refractivity contribution is 8.00. The van der Waals surface area contributed by atoms with Gasteiger partial charge in [0.05, 0.1) is 21.4 Å². The van der Waals surface area contributed by atoms with Crippen LogP contribution in [0.25, 0.3) is 0 Å². The number of fused-ring (bicyclic) bond motifs is 1. The number of β-lactam (4-membered cyclic amide) rings is 1. The zero-order chi connectivity index (χ0) is 18.1. The molecule has 3 N–H and O–H groups in total. The average Bonchev–Trinajstić information content (AvgIpc) is 2.55. The number of hydrogen-bond acceptors (Lipinski definition) is 7. The van der Waals surface area contributed by atoms with Crippen LogP contribution in [0.1, 0.15) is 0 Å². The van der Waals surface area contributed by atoms with Crippen molar-refractivity contribution >= 4 is 37.8 Å². The summed E-state index contributed by atoms with van der Waals surface area (Å²) in [6.07, 6.45) is -0.661. The molecule has 2 heterocycles. The Hall–Kier alpha value is -1.35. The first-order chi connectivity index (χ1) is 11.3. The molecule has 2 aliphatic heterocycles. The van der Waals surface area contributed by atoms with Gasteiger partial charge >= 0.3 is 12.1 Å². The minimum Gasteiger partial charge on any atom is -0.477 e. The molecule has 11 heteroatoms. The second kappa shape index (κ2) is 7.26. The van der Waals surface area contributed by atoms with Crippen LogP contribution in [0, 0.1) is 0 Å². The first-order valence-corrected chi connectivity index (χ1v) is 10.7. The summed E-state index contributed by atoms with van der Waals surface area (Å²) in [6, 6.07) is 0. The van der Waals surface area contributed by atoms with Gasteiger partial charge in [-0.15, -0.1) is 11.8 Å². The van der Waals surface area contributed by atoms with E-state index in [1.807, 2.05) is 13.3 Å². The van der Waals surface area contributed by atoms with Crippen LogP contribution >= 0.6 is 19.8 Å². The molecular weight excluding hydrogens is 357 g/mol. The number of methoxy groups -OCH3 is 1. The fraction of sp³-hybridized carbons (Fsp3) is 0.615. The number of rotatable bonds is 6. The maximum atomic E-state index is 12.7. The molecule has 0 spiro atoms. The monoisotopic (exact) mass is 378 g/mol. The summed E-state index contributed by atoms with van der Waals surface area (Å²) in [5, 5.41) is 14.5. The number of nitrogens with one attached hydrogen (secondary N) is 2. The number of nitrogens with zero attached hydrogens (tertiary/aromatic N) is 1. The lowest BCUT2D eigenvalue weighted by atomic mass is 9.99. The lowest BCUT2D eigenvalue weighted by Gasteiger charge is -2.55. The smallest absolute Gasteiger partial charge is 0.407 e. The fourth-order valence-electron chi connectivity index (χ4n) is 2.65. The first-order valence-electron chi connectivity index (χ1n) is 7.17. The van der Waals surface area contributed by atoms with Crippen molar-refractivity contribution in [2.24, 2.45) is 0 Å². The van der Waals surface area contributed by atoms with Gasteiger partial charge in [0, 0.05) is 25.5 Å². The number of carboxylic acid groups (broad SMARTS) is 1. The van der Waals surface area contributed by atoms with Crippen LogP contribution in [-0.4, -0.2) is 78.9 Å². The second-order valence-electron chi connectivity index (χ2n) is 5.49. The molecule has 1 saturated heterocycles. The zero-order valence-electron chi connectivity index (χ0n) is 13.8. The maximum absolute atomic E-state index is 12.7. The van der Waals surface area contributed by atoms with Crippen molar-refractivity contribution in [1.82, 2.24) is 15.3 Å². The topological polar surface area (TPSA) is 117 Å². The van der Waals surface area contributed by atoms with Crippen LogP contribution in [0.2, 0.25) is 0 Å². The van der Waals surface area contributed by atoms with E-state index in [1.165, 1.54) is 30.8 Å². The summed E-state index contributed by atoms with van der Waals surface area (Å²) in [4.78, 5) is 36.7. The van der Waals surface area contributed by atoms with E-state index in [-0.39, 0.29) is 12.3 Å². The van der Waals surface area contributed by atoms with Gasteiger partial charge in [0.2, 0.25) is 0 Å². The van der Waals surface area contributed by atoms with Crippen molar-refractivity contribution < 1.29 is 29.0 Å². The number of amides is 2. The predicted molar refractivity (Wildman–Crippen MR) is 91.2 cm³/mol. The summed E-state index contributed by atoms with van der Waals surface area (Å²) in [5.74, 6) is -1.34. The highest BCUT2D eigenvalue weighted by Gasteiger charge is 2.67. The molecule has 2 aliphatic rings. The van der Waals surface area contributed by atoms with Crippen LogP contribution in [0.4, 0.5) is 4.79 Å². The average molecular weight is 378 g/mol. The number of hydrogen-bond donors (Lipinski definition) is 3. The standard InChI is InChI=1S/C13H20N3O6PS/c1-14-12(20)22-5-7-6-24-11-13(21-2,15-23(3)4)10(19)16(11)8(7)9(17)18/h11,15H,5-6H2,1-4H3,(H,14,20)(H,17,18)/p+1/t11-,13-/m0/s1. The number of carboxylic acids is 1. The molecule has 2 rings (SSSR count). The molecule has 0 bridgehead atoms. The molecule has 0 aromatic heterocycles. The Balaban J connectivity index is 2.29. The summed E-state index contributed by atoms with van der Waals surface area (Å²) < 4.78 is 10.4. The van der Waals surface area contributed by atoms with Crippen LogP contribution < -0.4 is 10.4 Å². The van der Waals surface area contributed by atoms with Gasteiger partial charge in [-0.1, -0.05) is 0 Å². The Kier molecular flexibility index (Phi) is 5.74. The van der Waals surface area contributed by atoms with E-state index in [1.54, 1.807) is 0 Å². The maximum Gasteiger partial charge on any atom is 0.407 e. The molecule has 24 heavy (non-hydrogen) atoms. The van der Waals surface area contributed by atoms with Crippen LogP contribution in [0.3, 0.4) is 0 Å². The minimum atomic E-state index is -1.23. The highest BCUT2D eigenvalue weighted by Crippen LogP contribution is 2.48. The number of ether oxygens (including phenoxy) is 2. The number of carbonyl (C=O) groups is 3. The quantitative estimate of drug-likeness (QED) is 0.334. The van der Waals surface area contributed by atoms with Crippen molar-refractivity contribution in [3.8, 4) is 0 Å². The summed E-state index contributed by atoms with van der Waals surface area (Å²) in [7, 11) is 1.84. The summed E-state index contributed by atoms with van der Waals surface area (Å²) in [5.41, 5.74) is -0.955. The fourth-order valence-corrected chi connectivity index (χ4v) is 5.26. The lowest BCUT2D eigenvalue weighted by molar-refractivity contribution is -0.186. The molecule has 2 amide bonds. The third kappa shape index (κ3) is 3.11. The molecule has 0 saturated carbocycles. The number of aliphatic carboxylic acids is 1. The number of carbonyl (C=O) groups excluding carboxylic acids is 2. The van der Waals surface area contributed by atoms with Gasteiger partial charge in [-0.25, -0.2) is 9.59 Å². The van der Waals surface area contributed by atoms with Crippen molar-refractivity contribution in [3.63, 3.8) is 0 Å². The number of alkyl carbamates (subject to hydrolysis) is 1. The predicted octanol–water partition coefficient (Wildman–Crippen LogP) is -0.0827. The van der Waals surface area contributed by atoms with E-state index in [0.29, 0.717) is 11.3 Å². The summed E-state index contributed by atoms with van der Waals surface area (Å²) >= 11 is 1.38. The second-order valence-corrected chi connectivity index (χ2v) is 8.81.